The number of hydrogen-bond donors (Lipinski definition) is 1. The van der Waals surface area contributed by atoms with Gasteiger partial charge in [-0.3, -0.25) is 0 Å². The van der Waals surface area contributed by atoms with Crippen molar-refractivity contribution in [2.45, 2.75) is 18.4 Å². The van der Waals surface area contributed by atoms with E-state index in [2.05, 4.69) is 15.9 Å². The second kappa shape index (κ2) is 5.95. The Bertz CT molecular complexity index is 712. The van der Waals surface area contributed by atoms with Crippen molar-refractivity contribution < 1.29 is 13.2 Å². The number of hydrogen-bond acceptors (Lipinski definition) is 3. The van der Waals surface area contributed by atoms with E-state index in [-0.39, 0.29) is 4.90 Å². The third kappa shape index (κ3) is 3.82. The van der Waals surface area contributed by atoms with Crippen LogP contribution < -0.4 is 9.88 Å². The number of rotatable bonds is 4. The van der Waals surface area contributed by atoms with Gasteiger partial charge in [-0.2, -0.15) is 0 Å². The molecule has 2 aromatic rings. The average Bonchev–Trinajstić information content (AvgIpc) is 2.36. The van der Waals surface area contributed by atoms with Crippen LogP contribution in [0.1, 0.15) is 11.1 Å². The highest BCUT2D eigenvalue weighted by molar-refractivity contribution is 9.10. The van der Waals surface area contributed by atoms with E-state index in [1.54, 1.807) is 19.1 Å². The smallest absolute Gasteiger partial charge is 0.238 e. The molecule has 20 heavy (non-hydrogen) atoms. The summed E-state index contributed by atoms with van der Waals surface area (Å²) < 4.78 is 29.3. The minimum atomic E-state index is -3.68. The van der Waals surface area contributed by atoms with Crippen LogP contribution in [0.3, 0.4) is 0 Å². The van der Waals surface area contributed by atoms with Gasteiger partial charge in [0, 0.05) is 4.47 Å². The number of sulfonamides is 1. The molecule has 0 amide bonds. The number of benzene rings is 2. The molecule has 2 aromatic carbocycles. The predicted octanol–water partition coefficient (Wildman–Crippen LogP) is 2.98. The van der Waals surface area contributed by atoms with Crippen molar-refractivity contribution >= 4 is 26.0 Å². The molecule has 106 valence electrons. The summed E-state index contributed by atoms with van der Waals surface area (Å²) >= 11 is 3.37. The Labute approximate surface area is 126 Å². The Morgan fingerprint density at radius 1 is 1.15 bits per heavy atom. The maximum atomic E-state index is 11.3. The summed E-state index contributed by atoms with van der Waals surface area (Å²) in [4.78, 5) is 0.119. The summed E-state index contributed by atoms with van der Waals surface area (Å²) in [6.07, 6.45) is 0. The molecular formula is C14H14BrNO3S. The lowest BCUT2D eigenvalue weighted by molar-refractivity contribution is 0.306. The molecule has 0 radical (unpaired) electrons. The van der Waals surface area contributed by atoms with Crippen LogP contribution in [0, 0.1) is 6.92 Å². The largest absolute Gasteiger partial charge is 0.489 e. The van der Waals surface area contributed by atoms with Crippen LogP contribution in [0.2, 0.25) is 0 Å². The van der Waals surface area contributed by atoms with Gasteiger partial charge in [-0.15, -0.1) is 0 Å². The molecule has 0 saturated carbocycles. The van der Waals surface area contributed by atoms with E-state index in [0.29, 0.717) is 17.9 Å². The summed E-state index contributed by atoms with van der Waals surface area (Å²) in [5.74, 6) is 0.609. The molecule has 0 aliphatic carbocycles. The molecule has 2 N–H and O–H groups in total. The quantitative estimate of drug-likeness (QED) is 0.916. The molecule has 0 aliphatic rings. The van der Waals surface area contributed by atoms with Gasteiger partial charge in [0.25, 0.3) is 0 Å². The molecule has 0 spiro atoms. The Hall–Kier alpha value is -1.37. The van der Waals surface area contributed by atoms with Crippen LogP contribution in [-0.2, 0) is 16.6 Å². The molecule has 0 aliphatic heterocycles. The van der Waals surface area contributed by atoms with Crippen LogP contribution in [-0.4, -0.2) is 8.42 Å². The third-order valence-electron chi connectivity index (χ3n) is 2.77. The van der Waals surface area contributed by atoms with Gasteiger partial charge >= 0.3 is 0 Å². The second-order valence-electron chi connectivity index (χ2n) is 4.39. The number of halogens is 1. The Kier molecular flexibility index (Phi) is 4.47. The van der Waals surface area contributed by atoms with Crippen molar-refractivity contribution in [2.24, 2.45) is 5.14 Å². The minimum Gasteiger partial charge on any atom is -0.489 e. The van der Waals surface area contributed by atoms with E-state index < -0.39 is 10.0 Å². The molecule has 4 nitrogen and oxygen atoms in total. The molecule has 0 bridgehead atoms. The van der Waals surface area contributed by atoms with E-state index in [4.69, 9.17) is 9.88 Å². The number of aryl methyl sites for hydroxylation is 1. The predicted molar refractivity (Wildman–Crippen MR) is 81.0 cm³/mol. The molecule has 6 heteroatoms. The van der Waals surface area contributed by atoms with Crippen molar-refractivity contribution in [1.29, 1.82) is 0 Å². The number of nitrogens with two attached hydrogens (primary N) is 1. The molecule has 0 saturated heterocycles. The van der Waals surface area contributed by atoms with Crippen molar-refractivity contribution in [3.8, 4) is 5.75 Å². The first-order valence-corrected chi connectivity index (χ1v) is 8.21. The van der Waals surface area contributed by atoms with Gasteiger partial charge in [0.2, 0.25) is 10.0 Å². The van der Waals surface area contributed by atoms with Gasteiger partial charge in [0.05, 0.1) is 4.90 Å². The van der Waals surface area contributed by atoms with E-state index in [9.17, 15) is 8.42 Å². The fourth-order valence-electron chi connectivity index (χ4n) is 1.78. The first-order chi connectivity index (χ1) is 9.36. The summed E-state index contributed by atoms with van der Waals surface area (Å²) in [6, 6.07) is 12.5. The topological polar surface area (TPSA) is 69.4 Å². The molecule has 0 heterocycles. The van der Waals surface area contributed by atoms with Crippen molar-refractivity contribution in [3.05, 3.63) is 58.1 Å². The standard InChI is InChI=1S/C14H14BrNO3S/c1-10-8-13(6-7-14(10)20(16,17)18)19-9-11-2-4-12(15)5-3-11/h2-8H,9H2,1H3,(H2,16,17,18). The average molecular weight is 356 g/mol. The molecule has 2 rings (SSSR count). The van der Waals surface area contributed by atoms with E-state index >= 15 is 0 Å². The van der Waals surface area contributed by atoms with Crippen LogP contribution in [0.5, 0.6) is 5.75 Å². The SMILES string of the molecule is Cc1cc(OCc2ccc(Br)cc2)ccc1S(N)(=O)=O. The highest BCUT2D eigenvalue weighted by atomic mass is 79.9. The Morgan fingerprint density at radius 2 is 1.80 bits per heavy atom. The lowest BCUT2D eigenvalue weighted by atomic mass is 10.2. The number of primary sulfonamides is 1. The van der Waals surface area contributed by atoms with Crippen molar-refractivity contribution in [2.75, 3.05) is 0 Å². The monoisotopic (exact) mass is 355 g/mol. The van der Waals surface area contributed by atoms with Gasteiger partial charge in [0.1, 0.15) is 12.4 Å². The first kappa shape index (κ1) is 15.0. The summed E-state index contributed by atoms with van der Waals surface area (Å²) in [5, 5.41) is 5.11. The van der Waals surface area contributed by atoms with Crippen molar-refractivity contribution in [1.82, 2.24) is 0 Å². The maximum Gasteiger partial charge on any atom is 0.238 e. The zero-order valence-corrected chi connectivity index (χ0v) is 13.2. The highest BCUT2D eigenvalue weighted by Gasteiger charge is 2.11. The summed E-state index contributed by atoms with van der Waals surface area (Å²) in [7, 11) is -3.68. The lowest BCUT2D eigenvalue weighted by Gasteiger charge is -2.09. The fraction of sp³-hybridized carbons (Fsp3) is 0.143. The number of ether oxygens (including phenoxy) is 1. The Morgan fingerprint density at radius 3 is 2.35 bits per heavy atom. The zero-order chi connectivity index (χ0) is 14.8. The van der Waals surface area contributed by atoms with Crippen LogP contribution >= 0.6 is 15.9 Å². The second-order valence-corrected chi connectivity index (χ2v) is 6.83. The summed E-state index contributed by atoms with van der Waals surface area (Å²) in [5.41, 5.74) is 1.60. The van der Waals surface area contributed by atoms with Crippen LogP contribution in [0.25, 0.3) is 0 Å². The third-order valence-corrected chi connectivity index (χ3v) is 4.37. The minimum absolute atomic E-state index is 0.119. The first-order valence-electron chi connectivity index (χ1n) is 5.87. The molecule has 0 unspecified atom stereocenters. The highest BCUT2D eigenvalue weighted by Crippen LogP contribution is 2.21. The van der Waals surface area contributed by atoms with Crippen LogP contribution in [0.15, 0.2) is 51.8 Å². The van der Waals surface area contributed by atoms with Gasteiger partial charge < -0.3 is 4.74 Å². The Balaban J connectivity index is 2.11. The van der Waals surface area contributed by atoms with Gasteiger partial charge in [-0.25, -0.2) is 13.6 Å². The van der Waals surface area contributed by atoms with Crippen molar-refractivity contribution in [3.63, 3.8) is 0 Å². The normalized spacial score (nSPS) is 11.3. The summed E-state index contributed by atoms with van der Waals surface area (Å²) in [6.45, 7) is 2.10. The lowest BCUT2D eigenvalue weighted by Crippen LogP contribution is -2.13. The molecule has 0 atom stereocenters. The molecular weight excluding hydrogens is 342 g/mol. The molecule has 0 fully saturated rings. The van der Waals surface area contributed by atoms with Gasteiger partial charge in [-0.05, 0) is 48.4 Å². The zero-order valence-electron chi connectivity index (χ0n) is 10.8. The van der Waals surface area contributed by atoms with E-state index in [1.807, 2.05) is 24.3 Å². The maximum absolute atomic E-state index is 11.3. The van der Waals surface area contributed by atoms with Gasteiger partial charge in [-0.1, -0.05) is 28.1 Å². The molecule has 0 aromatic heterocycles. The van der Waals surface area contributed by atoms with Crippen LogP contribution in [0.4, 0.5) is 0 Å². The van der Waals surface area contributed by atoms with E-state index in [0.717, 1.165) is 10.0 Å². The van der Waals surface area contributed by atoms with E-state index in [1.165, 1.54) is 6.07 Å². The fourth-order valence-corrected chi connectivity index (χ4v) is 2.81. The van der Waals surface area contributed by atoms with Gasteiger partial charge in [0.15, 0.2) is 0 Å².